The number of aliphatic hydroxyl groups excluding tert-OH is 1. The van der Waals surface area contributed by atoms with E-state index in [-0.39, 0.29) is 24.7 Å². The molecule has 3 aromatic rings. The molecule has 0 aliphatic carbocycles. The Labute approximate surface area is 180 Å². The minimum Gasteiger partial charge on any atom is -0.394 e. The van der Waals surface area contributed by atoms with E-state index in [1.165, 1.54) is 10.9 Å². The molecule has 8 nitrogen and oxygen atoms in total. The number of ether oxygens (including phenoxy) is 1. The van der Waals surface area contributed by atoms with E-state index in [0.29, 0.717) is 26.1 Å². The molecule has 0 amide bonds. The van der Waals surface area contributed by atoms with Gasteiger partial charge in [-0.2, -0.15) is 4.98 Å². The van der Waals surface area contributed by atoms with Gasteiger partial charge in [0.15, 0.2) is 0 Å². The number of hydrogen-bond acceptors (Lipinski definition) is 6. The van der Waals surface area contributed by atoms with Crippen LogP contribution in [0, 0.1) is 0 Å². The van der Waals surface area contributed by atoms with Gasteiger partial charge in [-0.05, 0) is 17.5 Å². The van der Waals surface area contributed by atoms with Gasteiger partial charge in [0.2, 0.25) is 0 Å². The summed E-state index contributed by atoms with van der Waals surface area (Å²) in [7, 11) is 0. The van der Waals surface area contributed by atoms with Crippen molar-refractivity contribution in [1.82, 2.24) is 19.4 Å². The molecule has 1 fully saturated rings. The number of hydrogen-bond donors (Lipinski definition) is 1. The standard InChI is InChI=1S/C23H25N5O3/c29-14-21-11-20(15-31-21)28-17-25-22(26-23(28)30)24-16-27(12-18-7-3-1-4-8-18)13-19-9-5-2-6-10-19/h1-10,16-17,20-21,29H,11-15H2/t20-,21-/m0/s1. The van der Waals surface area contributed by atoms with Crippen LogP contribution >= 0.6 is 0 Å². The predicted octanol–water partition coefficient (Wildman–Crippen LogP) is 2.32. The highest BCUT2D eigenvalue weighted by Gasteiger charge is 2.27. The number of aliphatic hydroxyl groups is 1. The summed E-state index contributed by atoms with van der Waals surface area (Å²) < 4.78 is 6.89. The molecular weight excluding hydrogens is 394 g/mol. The largest absolute Gasteiger partial charge is 0.394 e. The molecule has 31 heavy (non-hydrogen) atoms. The average molecular weight is 419 g/mol. The maximum absolute atomic E-state index is 12.5. The van der Waals surface area contributed by atoms with E-state index in [2.05, 4.69) is 44.1 Å². The molecule has 0 saturated carbocycles. The van der Waals surface area contributed by atoms with E-state index in [0.717, 1.165) is 11.1 Å². The fourth-order valence-corrected chi connectivity index (χ4v) is 3.56. The number of nitrogens with zero attached hydrogens (tertiary/aromatic N) is 5. The SMILES string of the molecule is O=c1nc(N=CN(Cc2ccccc2)Cc2ccccc2)ncn1[C@@H]1CO[C@H](CO)C1. The van der Waals surface area contributed by atoms with E-state index < -0.39 is 5.69 Å². The van der Waals surface area contributed by atoms with Crippen LogP contribution in [0.5, 0.6) is 0 Å². The molecule has 2 aromatic carbocycles. The molecule has 0 spiro atoms. The van der Waals surface area contributed by atoms with Crippen LogP contribution in [0.3, 0.4) is 0 Å². The van der Waals surface area contributed by atoms with Gasteiger partial charge in [-0.3, -0.25) is 4.57 Å². The quantitative estimate of drug-likeness (QED) is 0.445. The third-order valence-corrected chi connectivity index (χ3v) is 5.16. The van der Waals surface area contributed by atoms with E-state index in [1.54, 1.807) is 6.34 Å². The monoisotopic (exact) mass is 419 g/mol. The summed E-state index contributed by atoms with van der Waals surface area (Å²) >= 11 is 0. The van der Waals surface area contributed by atoms with Crippen molar-refractivity contribution in [3.63, 3.8) is 0 Å². The van der Waals surface area contributed by atoms with E-state index in [9.17, 15) is 9.90 Å². The van der Waals surface area contributed by atoms with Gasteiger partial charge in [-0.15, -0.1) is 0 Å². The molecule has 0 bridgehead atoms. The van der Waals surface area contributed by atoms with Crippen LogP contribution in [0.4, 0.5) is 5.95 Å². The Morgan fingerprint density at radius 3 is 2.29 bits per heavy atom. The molecule has 160 valence electrons. The van der Waals surface area contributed by atoms with Crippen molar-refractivity contribution in [1.29, 1.82) is 0 Å². The molecule has 2 heterocycles. The van der Waals surface area contributed by atoms with Crippen LogP contribution in [-0.2, 0) is 17.8 Å². The van der Waals surface area contributed by atoms with Gasteiger partial charge < -0.3 is 14.7 Å². The van der Waals surface area contributed by atoms with Gasteiger partial charge in [-0.1, -0.05) is 60.7 Å². The highest BCUT2D eigenvalue weighted by Crippen LogP contribution is 2.22. The zero-order valence-electron chi connectivity index (χ0n) is 17.1. The summed E-state index contributed by atoms with van der Waals surface area (Å²) in [5, 5.41) is 9.21. The van der Waals surface area contributed by atoms with Crippen molar-refractivity contribution >= 4 is 12.3 Å². The molecule has 4 rings (SSSR count). The van der Waals surface area contributed by atoms with Crippen LogP contribution in [0.1, 0.15) is 23.6 Å². The lowest BCUT2D eigenvalue weighted by Crippen LogP contribution is -2.28. The van der Waals surface area contributed by atoms with E-state index in [4.69, 9.17) is 4.74 Å². The molecule has 0 radical (unpaired) electrons. The highest BCUT2D eigenvalue weighted by molar-refractivity contribution is 5.58. The molecule has 1 N–H and O–H groups in total. The maximum atomic E-state index is 12.5. The van der Waals surface area contributed by atoms with E-state index in [1.807, 2.05) is 36.4 Å². The lowest BCUT2D eigenvalue weighted by atomic mass is 10.2. The zero-order valence-corrected chi connectivity index (χ0v) is 17.1. The number of aliphatic imine (C=N–C) groups is 1. The highest BCUT2D eigenvalue weighted by atomic mass is 16.5. The maximum Gasteiger partial charge on any atom is 0.352 e. The first-order valence-electron chi connectivity index (χ1n) is 10.2. The third kappa shape index (κ3) is 5.62. The van der Waals surface area contributed by atoms with Crippen LogP contribution in [0.25, 0.3) is 0 Å². The lowest BCUT2D eigenvalue weighted by molar-refractivity contribution is 0.0574. The predicted molar refractivity (Wildman–Crippen MR) is 117 cm³/mol. The molecule has 1 aromatic heterocycles. The summed E-state index contributed by atoms with van der Waals surface area (Å²) in [5.41, 5.74) is 1.88. The number of benzene rings is 2. The van der Waals surface area contributed by atoms with Gasteiger partial charge in [0, 0.05) is 13.1 Å². The Morgan fingerprint density at radius 1 is 1.10 bits per heavy atom. The second kappa shape index (κ2) is 10.1. The Balaban J connectivity index is 1.50. The smallest absolute Gasteiger partial charge is 0.352 e. The summed E-state index contributed by atoms with van der Waals surface area (Å²) in [4.78, 5) is 27.1. The Morgan fingerprint density at radius 2 is 1.74 bits per heavy atom. The van der Waals surface area contributed by atoms with Gasteiger partial charge in [0.1, 0.15) is 6.33 Å². The molecule has 1 saturated heterocycles. The number of aromatic nitrogens is 3. The molecule has 1 aliphatic heterocycles. The van der Waals surface area contributed by atoms with Crippen molar-refractivity contribution in [3.8, 4) is 0 Å². The van der Waals surface area contributed by atoms with Gasteiger partial charge in [0.25, 0.3) is 5.95 Å². The van der Waals surface area contributed by atoms with Gasteiger partial charge >= 0.3 is 5.69 Å². The summed E-state index contributed by atoms with van der Waals surface area (Å²) in [5.74, 6) is 0.116. The van der Waals surface area contributed by atoms with Crippen LogP contribution in [0.2, 0.25) is 0 Å². The normalized spacial score (nSPS) is 18.5. The van der Waals surface area contributed by atoms with Crippen molar-refractivity contribution < 1.29 is 9.84 Å². The Kier molecular flexibility index (Phi) is 6.81. The van der Waals surface area contributed by atoms with Crippen LogP contribution in [-0.4, -0.2) is 50.2 Å². The first kappa shape index (κ1) is 20.9. The van der Waals surface area contributed by atoms with E-state index >= 15 is 0 Å². The zero-order chi connectivity index (χ0) is 21.5. The summed E-state index contributed by atoms with van der Waals surface area (Å²) in [6, 6.07) is 20.1. The fourth-order valence-electron chi connectivity index (χ4n) is 3.56. The number of rotatable bonds is 8. The second-order valence-corrected chi connectivity index (χ2v) is 7.49. The topological polar surface area (TPSA) is 92.8 Å². The van der Waals surface area contributed by atoms with Gasteiger partial charge in [-0.25, -0.2) is 14.8 Å². The summed E-state index contributed by atoms with van der Waals surface area (Å²) in [6.45, 7) is 1.63. The average Bonchev–Trinajstić information content (AvgIpc) is 3.28. The Hall–Kier alpha value is -3.36. The third-order valence-electron chi connectivity index (χ3n) is 5.16. The molecule has 1 aliphatic rings. The first-order valence-corrected chi connectivity index (χ1v) is 10.2. The minimum atomic E-state index is -0.424. The van der Waals surface area contributed by atoms with Crippen molar-refractivity contribution in [2.45, 2.75) is 31.7 Å². The van der Waals surface area contributed by atoms with Crippen LogP contribution in [0.15, 0.2) is 76.8 Å². The lowest BCUT2D eigenvalue weighted by Gasteiger charge is -2.19. The van der Waals surface area contributed by atoms with Crippen molar-refractivity contribution in [2.24, 2.45) is 4.99 Å². The second-order valence-electron chi connectivity index (χ2n) is 7.49. The molecular formula is C23H25N5O3. The molecule has 8 heteroatoms. The van der Waals surface area contributed by atoms with Crippen LogP contribution < -0.4 is 5.69 Å². The minimum absolute atomic E-state index is 0.0624. The Bertz CT molecular complexity index is 1010. The van der Waals surface area contributed by atoms with Crippen molar-refractivity contribution in [3.05, 3.63) is 88.6 Å². The molecule has 2 atom stereocenters. The molecule has 0 unspecified atom stereocenters. The summed E-state index contributed by atoms with van der Waals surface area (Å²) in [6.07, 6.45) is 3.44. The first-order chi connectivity index (χ1) is 15.2. The fraction of sp³-hybridized carbons (Fsp3) is 0.304. The van der Waals surface area contributed by atoms with Gasteiger partial charge in [0.05, 0.1) is 31.7 Å². The van der Waals surface area contributed by atoms with Crippen molar-refractivity contribution in [2.75, 3.05) is 13.2 Å².